The molecule has 0 aromatic heterocycles. The molecule has 11 heteroatoms. The molecular weight excluding hydrogens is 570 g/mol. The van der Waals surface area contributed by atoms with Crippen LogP contribution in [-0.2, 0) is 22.4 Å². The Kier molecular flexibility index (Phi) is 9.75. The minimum atomic E-state index is -0.908. The fourth-order valence-corrected chi connectivity index (χ4v) is 7.18. The van der Waals surface area contributed by atoms with Crippen molar-refractivity contribution in [3.63, 3.8) is 0 Å². The molecule has 3 saturated heterocycles. The standard InChI is InChI=1S/C34H47N7O4/c1-37-20-22-38(23-21-37)28-11-15-39(16-12-28)32(42)31(24-25-6-8-27(35)9-7-25)45-34(44)40-17-13-29(14-18-40)41-19-10-26-4-2-3-5-30(26)36-33(41)43/h2-9,28-29,31H,10-24,35H2,1H3,(H,36,43). The third-order valence-electron chi connectivity index (χ3n) is 10.1. The average molecular weight is 618 g/mol. The van der Waals surface area contributed by atoms with Gasteiger partial charge >= 0.3 is 12.1 Å². The number of nitrogens with two attached hydrogens (primary N) is 1. The highest BCUT2D eigenvalue weighted by Crippen LogP contribution is 2.26. The van der Waals surface area contributed by atoms with Crippen molar-refractivity contribution in [3.8, 4) is 0 Å². The van der Waals surface area contributed by atoms with E-state index in [2.05, 4.69) is 28.2 Å². The van der Waals surface area contributed by atoms with Crippen LogP contribution < -0.4 is 11.1 Å². The maximum absolute atomic E-state index is 13.9. The van der Waals surface area contributed by atoms with E-state index in [0.29, 0.717) is 63.7 Å². The number of para-hydroxylation sites is 1. The predicted octanol–water partition coefficient (Wildman–Crippen LogP) is 3.11. The van der Waals surface area contributed by atoms with Crippen LogP contribution >= 0.6 is 0 Å². The summed E-state index contributed by atoms with van der Waals surface area (Å²) in [4.78, 5) is 50.8. The minimum Gasteiger partial charge on any atom is -0.436 e. The SMILES string of the molecule is CN1CCN(C2CCN(C(=O)C(Cc3ccc(N)cc3)OC(=O)N3CCC(N4CCc5ccccc5NC4=O)CC3)CC2)CC1. The van der Waals surface area contributed by atoms with Gasteiger partial charge < -0.3 is 35.4 Å². The lowest BCUT2D eigenvalue weighted by Crippen LogP contribution is -2.54. The molecular formula is C34H47N7O4. The van der Waals surface area contributed by atoms with Gasteiger partial charge in [0.1, 0.15) is 0 Å². The molecule has 45 heavy (non-hydrogen) atoms. The molecule has 4 aliphatic heterocycles. The number of piperidine rings is 2. The lowest BCUT2D eigenvalue weighted by molar-refractivity contribution is -0.142. The van der Waals surface area contributed by atoms with E-state index in [9.17, 15) is 14.4 Å². The Balaban J connectivity index is 1.05. The Bertz CT molecular complexity index is 1330. The first-order valence-corrected chi connectivity index (χ1v) is 16.5. The van der Waals surface area contributed by atoms with Crippen LogP contribution in [0.15, 0.2) is 48.5 Å². The molecule has 0 saturated carbocycles. The summed E-state index contributed by atoms with van der Waals surface area (Å²) < 4.78 is 6.01. The van der Waals surface area contributed by atoms with E-state index in [1.807, 2.05) is 52.3 Å². The van der Waals surface area contributed by atoms with Gasteiger partial charge in [0.05, 0.1) is 0 Å². The first-order valence-electron chi connectivity index (χ1n) is 16.5. The van der Waals surface area contributed by atoms with Gasteiger partial charge in [-0.05, 0) is 68.5 Å². The van der Waals surface area contributed by atoms with Gasteiger partial charge in [-0.3, -0.25) is 9.69 Å². The zero-order valence-electron chi connectivity index (χ0n) is 26.4. The largest absolute Gasteiger partial charge is 0.436 e. The molecule has 3 N–H and O–H groups in total. The van der Waals surface area contributed by atoms with Crippen molar-refractivity contribution in [2.45, 2.75) is 56.7 Å². The van der Waals surface area contributed by atoms with Gasteiger partial charge in [-0.25, -0.2) is 9.59 Å². The molecule has 0 spiro atoms. The fraction of sp³-hybridized carbons (Fsp3) is 0.559. The highest BCUT2D eigenvalue weighted by molar-refractivity contribution is 5.91. The van der Waals surface area contributed by atoms with Crippen LogP contribution in [0.25, 0.3) is 0 Å². The number of carbonyl (C=O) groups excluding carboxylic acids is 3. The van der Waals surface area contributed by atoms with Gasteiger partial charge in [0.15, 0.2) is 6.10 Å². The van der Waals surface area contributed by atoms with E-state index in [0.717, 1.165) is 62.3 Å². The molecule has 0 bridgehead atoms. The number of nitrogens with zero attached hydrogens (tertiary/aromatic N) is 5. The number of nitrogen functional groups attached to an aromatic ring is 1. The van der Waals surface area contributed by atoms with Crippen LogP contribution in [0, 0.1) is 0 Å². The molecule has 4 amide bonds. The number of hydrogen-bond donors (Lipinski definition) is 2. The number of hydrogen-bond acceptors (Lipinski definition) is 7. The van der Waals surface area contributed by atoms with Crippen LogP contribution in [0.2, 0.25) is 0 Å². The summed E-state index contributed by atoms with van der Waals surface area (Å²) in [6.45, 7) is 7.21. The number of carbonyl (C=O) groups is 3. The van der Waals surface area contributed by atoms with Gasteiger partial charge in [0.2, 0.25) is 0 Å². The molecule has 0 radical (unpaired) electrons. The number of likely N-dealkylation sites (N-methyl/N-ethyl adjacent to an activating group) is 1. The minimum absolute atomic E-state index is 0.0390. The number of urea groups is 1. The van der Waals surface area contributed by atoms with E-state index in [1.54, 1.807) is 4.90 Å². The summed E-state index contributed by atoms with van der Waals surface area (Å²) in [5, 5.41) is 3.05. The number of anilines is 2. The number of likely N-dealkylation sites (tertiary alicyclic amines) is 2. The molecule has 2 aromatic carbocycles. The van der Waals surface area contributed by atoms with Gasteiger partial charge in [0.25, 0.3) is 5.91 Å². The Morgan fingerprint density at radius 1 is 0.844 bits per heavy atom. The van der Waals surface area contributed by atoms with E-state index >= 15 is 0 Å². The third kappa shape index (κ3) is 7.53. The Labute approximate surface area is 266 Å². The second kappa shape index (κ2) is 14.1. The Morgan fingerprint density at radius 3 is 2.20 bits per heavy atom. The second-order valence-corrected chi connectivity index (χ2v) is 13.0. The summed E-state index contributed by atoms with van der Waals surface area (Å²) in [6, 6.07) is 15.7. The summed E-state index contributed by atoms with van der Waals surface area (Å²) in [6.07, 6.45) is 2.90. The quantitative estimate of drug-likeness (QED) is 0.479. The van der Waals surface area contributed by atoms with E-state index in [4.69, 9.17) is 10.5 Å². The van der Waals surface area contributed by atoms with Crippen LogP contribution in [0.1, 0.15) is 36.8 Å². The maximum atomic E-state index is 13.9. The number of rotatable bonds is 6. The summed E-state index contributed by atoms with van der Waals surface area (Å²) >= 11 is 0. The summed E-state index contributed by atoms with van der Waals surface area (Å²) in [5.41, 5.74) is 9.44. The first kappa shape index (κ1) is 31.2. The number of nitrogens with one attached hydrogen (secondary N) is 1. The number of piperazine rings is 1. The van der Waals surface area contributed by atoms with Crippen molar-refractivity contribution in [1.82, 2.24) is 24.5 Å². The van der Waals surface area contributed by atoms with Crippen LogP contribution in [-0.4, -0.2) is 127 Å². The van der Waals surface area contributed by atoms with Gasteiger partial charge in [-0.1, -0.05) is 30.3 Å². The summed E-state index contributed by atoms with van der Waals surface area (Å²) in [7, 11) is 2.16. The van der Waals surface area contributed by atoms with Gasteiger partial charge in [0, 0.05) is 88.8 Å². The van der Waals surface area contributed by atoms with E-state index in [1.165, 1.54) is 0 Å². The zero-order chi connectivity index (χ0) is 31.3. The van der Waals surface area contributed by atoms with Crippen molar-refractivity contribution < 1.29 is 19.1 Å². The van der Waals surface area contributed by atoms with Crippen molar-refractivity contribution in [3.05, 3.63) is 59.7 Å². The van der Waals surface area contributed by atoms with Crippen molar-refractivity contribution in [1.29, 1.82) is 0 Å². The average Bonchev–Trinajstić information content (AvgIpc) is 3.23. The Hall–Kier alpha value is -3.83. The second-order valence-electron chi connectivity index (χ2n) is 13.0. The fourth-order valence-electron chi connectivity index (χ4n) is 7.18. The monoisotopic (exact) mass is 617 g/mol. The molecule has 242 valence electrons. The van der Waals surface area contributed by atoms with Crippen LogP contribution in [0.5, 0.6) is 0 Å². The van der Waals surface area contributed by atoms with Gasteiger partial charge in [-0.2, -0.15) is 0 Å². The van der Waals surface area contributed by atoms with Crippen LogP contribution in [0.4, 0.5) is 21.0 Å². The molecule has 4 heterocycles. The van der Waals surface area contributed by atoms with Crippen molar-refractivity contribution >= 4 is 29.4 Å². The highest BCUT2D eigenvalue weighted by atomic mass is 16.6. The predicted molar refractivity (Wildman–Crippen MR) is 174 cm³/mol. The molecule has 6 rings (SSSR count). The number of benzene rings is 2. The van der Waals surface area contributed by atoms with E-state index < -0.39 is 12.2 Å². The third-order valence-corrected chi connectivity index (χ3v) is 10.1. The van der Waals surface area contributed by atoms with Crippen molar-refractivity contribution in [2.75, 3.05) is 77.0 Å². The topological polar surface area (TPSA) is 115 Å². The normalized spacial score (nSPS) is 21.5. The zero-order valence-corrected chi connectivity index (χ0v) is 26.4. The highest BCUT2D eigenvalue weighted by Gasteiger charge is 2.36. The molecule has 2 aromatic rings. The van der Waals surface area contributed by atoms with Crippen LogP contribution in [0.3, 0.4) is 0 Å². The molecule has 0 aliphatic carbocycles. The number of ether oxygens (including phenoxy) is 1. The lowest BCUT2D eigenvalue weighted by atomic mass is 10.0. The first-order chi connectivity index (χ1) is 21.8. The number of fused-ring (bicyclic) bond motifs is 1. The molecule has 1 unspecified atom stereocenters. The number of amides is 4. The summed E-state index contributed by atoms with van der Waals surface area (Å²) in [5.74, 6) is -0.132. The molecule has 11 nitrogen and oxygen atoms in total. The van der Waals surface area contributed by atoms with Crippen molar-refractivity contribution in [2.24, 2.45) is 0 Å². The van der Waals surface area contributed by atoms with Gasteiger partial charge in [-0.15, -0.1) is 0 Å². The maximum Gasteiger partial charge on any atom is 0.410 e. The smallest absolute Gasteiger partial charge is 0.410 e. The molecule has 4 aliphatic rings. The Morgan fingerprint density at radius 2 is 1.49 bits per heavy atom. The molecule has 3 fully saturated rings. The molecule has 1 atom stereocenters. The lowest BCUT2D eigenvalue weighted by Gasteiger charge is -2.42. The van der Waals surface area contributed by atoms with E-state index in [-0.39, 0.29) is 18.0 Å².